The molecule has 9 heteroatoms. The van der Waals surface area contributed by atoms with Crippen molar-refractivity contribution < 1.29 is 19.1 Å². The molecule has 1 aromatic heterocycles. The maximum atomic E-state index is 13.6. The molecule has 2 saturated heterocycles. The van der Waals surface area contributed by atoms with E-state index < -0.39 is 6.04 Å². The zero-order valence-electron chi connectivity index (χ0n) is 18.8. The summed E-state index contributed by atoms with van der Waals surface area (Å²) >= 11 is 5.75. The first-order chi connectivity index (χ1) is 16.5. The van der Waals surface area contributed by atoms with Crippen LogP contribution >= 0.6 is 12.2 Å². The molecule has 34 heavy (non-hydrogen) atoms. The van der Waals surface area contributed by atoms with E-state index in [0.717, 1.165) is 23.7 Å². The van der Waals surface area contributed by atoms with E-state index in [2.05, 4.69) is 10.3 Å². The number of ether oxygens (including phenoxy) is 2. The van der Waals surface area contributed by atoms with Crippen LogP contribution in [0, 0.1) is 0 Å². The number of carbonyl (C=O) groups is 2. The minimum Gasteiger partial charge on any atom is -0.495 e. The van der Waals surface area contributed by atoms with Gasteiger partial charge in [0.15, 0.2) is 5.11 Å². The number of thiocarbonyl (C=S) groups is 1. The number of carbonyl (C=O) groups excluding carboxylic acids is 2. The molecule has 2 amide bonds. The second-order valence-corrected chi connectivity index (χ2v) is 8.83. The average molecular weight is 479 g/mol. The number of amides is 2. The molecule has 0 aliphatic carbocycles. The number of anilines is 2. The van der Waals surface area contributed by atoms with Gasteiger partial charge in [-0.15, -0.1) is 0 Å². The highest BCUT2D eigenvalue weighted by atomic mass is 32.1. The third kappa shape index (κ3) is 4.24. The first-order valence-electron chi connectivity index (χ1n) is 11.3. The van der Waals surface area contributed by atoms with Gasteiger partial charge in [-0.1, -0.05) is 18.2 Å². The monoisotopic (exact) mass is 478 g/mol. The molecule has 2 N–H and O–H groups in total. The number of aromatic nitrogens is 1. The number of nitrogens with zero attached hydrogens (tertiary/aromatic N) is 2. The van der Waals surface area contributed by atoms with Crippen molar-refractivity contribution in [3.63, 3.8) is 0 Å². The van der Waals surface area contributed by atoms with Gasteiger partial charge in [-0.05, 0) is 60.8 Å². The topological polar surface area (TPSA) is 86.9 Å². The number of benzene rings is 2. The van der Waals surface area contributed by atoms with Gasteiger partial charge in [0.05, 0.1) is 25.3 Å². The molecule has 0 spiro atoms. The quantitative estimate of drug-likeness (QED) is 0.504. The van der Waals surface area contributed by atoms with Crippen LogP contribution in [0.25, 0.3) is 10.9 Å². The second kappa shape index (κ2) is 9.44. The van der Waals surface area contributed by atoms with Gasteiger partial charge in [0.1, 0.15) is 11.8 Å². The Balaban J connectivity index is 1.39. The fraction of sp³-hybridized carbons (Fsp3) is 0.320. The lowest BCUT2D eigenvalue weighted by Gasteiger charge is -2.26. The third-order valence-corrected chi connectivity index (χ3v) is 6.70. The molecule has 2 fully saturated rings. The first kappa shape index (κ1) is 22.4. The van der Waals surface area contributed by atoms with Crippen molar-refractivity contribution in [2.24, 2.45) is 0 Å². The Bertz CT molecular complexity index is 1240. The number of hydrogen-bond acceptors (Lipinski definition) is 5. The highest BCUT2D eigenvalue weighted by molar-refractivity contribution is 7.80. The summed E-state index contributed by atoms with van der Waals surface area (Å²) in [7, 11) is 1.55. The van der Waals surface area contributed by atoms with Crippen molar-refractivity contribution in [3.05, 3.63) is 54.7 Å². The van der Waals surface area contributed by atoms with Gasteiger partial charge in [0.2, 0.25) is 5.91 Å². The minimum absolute atomic E-state index is 0.0239. The molecule has 0 bridgehead atoms. The van der Waals surface area contributed by atoms with Crippen molar-refractivity contribution in [3.8, 4) is 5.75 Å². The Kier molecular flexibility index (Phi) is 6.21. The molecule has 3 aromatic rings. The van der Waals surface area contributed by atoms with Crippen LogP contribution < -0.4 is 15.0 Å². The lowest BCUT2D eigenvalue weighted by Crippen LogP contribution is -2.42. The van der Waals surface area contributed by atoms with Gasteiger partial charge in [-0.25, -0.2) is 0 Å². The molecule has 8 nitrogen and oxygen atoms in total. The lowest BCUT2D eigenvalue weighted by molar-refractivity contribution is -0.124. The van der Waals surface area contributed by atoms with E-state index in [0.29, 0.717) is 35.4 Å². The minimum atomic E-state index is -0.726. The van der Waals surface area contributed by atoms with Crippen LogP contribution in [0.1, 0.15) is 19.3 Å². The second-order valence-electron chi connectivity index (χ2n) is 8.46. The fourth-order valence-electron chi connectivity index (χ4n) is 4.60. The maximum Gasteiger partial charge on any atom is 0.256 e. The molecular weight excluding hydrogens is 452 g/mol. The highest BCUT2D eigenvalue weighted by Gasteiger charge is 2.46. The van der Waals surface area contributed by atoms with Gasteiger partial charge in [0, 0.05) is 30.6 Å². The molecule has 0 saturated carbocycles. The van der Waals surface area contributed by atoms with E-state index in [1.165, 1.54) is 4.90 Å². The molecule has 0 radical (unpaired) electrons. The highest BCUT2D eigenvalue weighted by Crippen LogP contribution is 2.34. The lowest BCUT2D eigenvalue weighted by atomic mass is 10.1. The SMILES string of the molecule is COc1ccccc1N1C(=O)C(CC(=O)Nc2ccc3cc[nH]c3c2)N(CC2CCCO2)C1=S. The Morgan fingerprint density at radius 1 is 1.26 bits per heavy atom. The van der Waals surface area contributed by atoms with E-state index in [1.54, 1.807) is 19.2 Å². The number of para-hydroxylation sites is 2. The van der Waals surface area contributed by atoms with Crippen molar-refractivity contribution in [1.82, 2.24) is 9.88 Å². The summed E-state index contributed by atoms with van der Waals surface area (Å²) in [6, 6.07) is 14.1. The maximum absolute atomic E-state index is 13.6. The summed E-state index contributed by atoms with van der Waals surface area (Å²) in [5.74, 6) is 0.0355. The van der Waals surface area contributed by atoms with E-state index >= 15 is 0 Å². The van der Waals surface area contributed by atoms with Crippen LogP contribution in [-0.4, -0.2) is 59.2 Å². The molecule has 2 aliphatic heterocycles. The van der Waals surface area contributed by atoms with Gasteiger partial charge < -0.3 is 24.7 Å². The first-order valence-corrected chi connectivity index (χ1v) is 11.7. The van der Waals surface area contributed by atoms with Crippen molar-refractivity contribution in [2.45, 2.75) is 31.4 Å². The summed E-state index contributed by atoms with van der Waals surface area (Å²) in [4.78, 5) is 33.1. The van der Waals surface area contributed by atoms with Crippen LogP contribution in [0.15, 0.2) is 54.7 Å². The molecule has 5 rings (SSSR count). The summed E-state index contributed by atoms with van der Waals surface area (Å²) in [6.45, 7) is 1.16. The number of hydrogen-bond donors (Lipinski definition) is 2. The average Bonchev–Trinajstić information content (AvgIpc) is 3.57. The number of rotatable bonds is 7. The van der Waals surface area contributed by atoms with Crippen LogP contribution in [0.4, 0.5) is 11.4 Å². The normalized spacial score (nSPS) is 20.4. The van der Waals surface area contributed by atoms with E-state index in [1.807, 2.05) is 47.5 Å². The van der Waals surface area contributed by atoms with Crippen molar-refractivity contribution in [2.75, 3.05) is 30.5 Å². The Labute approximate surface area is 202 Å². The summed E-state index contributed by atoms with van der Waals surface area (Å²) in [5, 5.41) is 4.34. The predicted molar refractivity (Wildman–Crippen MR) is 134 cm³/mol. The van der Waals surface area contributed by atoms with E-state index in [9.17, 15) is 9.59 Å². The smallest absolute Gasteiger partial charge is 0.256 e. The number of fused-ring (bicyclic) bond motifs is 1. The third-order valence-electron chi connectivity index (χ3n) is 6.29. The number of aromatic amines is 1. The predicted octanol–water partition coefficient (Wildman–Crippen LogP) is 3.69. The Morgan fingerprint density at radius 2 is 2.12 bits per heavy atom. The van der Waals surface area contributed by atoms with E-state index in [4.69, 9.17) is 21.7 Å². The number of nitrogens with one attached hydrogen (secondary N) is 2. The van der Waals surface area contributed by atoms with Gasteiger partial charge in [-0.3, -0.25) is 14.5 Å². The van der Waals surface area contributed by atoms with Crippen LogP contribution in [0.2, 0.25) is 0 Å². The van der Waals surface area contributed by atoms with Crippen LogP contribution in [0.3, 0.4) is 0 Å². The standard InChI is InChI=1S/C25H26N4O4S/c1-32-22-7-3-2-6-20(22)29-24(31)21(28(25(29)34)15-18-5-4-12-33-18)14-23(30)27-17-9-8-16-10-11-26-19(16)13-17/h2-3,6-11,13,18,21,26H,4-5,12,14-15H2,1H3,(H,27,30). The Hall–Kier alpha value is -3.43. The molecule has 2 atom stereocenters. The van der Waals surface area contributed by atoms with Crippen LogP contribution in [-0.2, 0) is 14.3 Å². The Morgan fingerprint density at radius 3 is 2.91 bits per heavy atom. The number of methoxy groups -OCH3 is 1. The van der Waals surface area contributed by atoms with Crippen molar-refractivity contribution >= 4 is 51.4 Å². The van der Waals surface area contributed by atoms with Crippen LogP contribution in [0.5, 0.6) is 5.75 Å². The molecule has 2 unspecified atom stereocenters. The fourth-order valence-corrected chi connectivity index (χ4v) is 4.99. The van der Waals surface area contributed by atoms with E-state index in [-0.39, 0.29) is 24.3 Å². The number of H-pyrrole nitrogens is 1. The summed E-state index contributed by atoms with van der Waals surface area (Å²) in [5.41, 5.74) is 2.16. The molecular formula is C25H26N4O4S. The van der Waals surface area contributed by atoms with Gasteiger partial charge in [0.25, 0.3) is 5.91 Å². The van der Waals surface area contributed by atoms with Crippen molar-refractivity contribution in [1.29, 1.82) is 0 Å². The zero-order valence-corrected chi connectivity index (χ0v) is 19.6. The van der Waals surface area contributed by atoms with Gasteiger partial charge in [-0.2, -0.15) is 0 Å². The summed E-state index contributed by atoms with van der Waals surface area (Å²) < 4.78 is 11.3. The zero-order chi connectivity index (χ0) is 23.7. The summed E-state index contributed by atoms with van der Waals surface area (Å²) in [6.07, 6.45) is 3.67. The molecule has 2 aliphatic rings. The largest absolute Gasteiger partial charge is 0.495 e. The van der Waals surface area contributed by atoms with Gasteiger partial charge >= 0.3 is 0 Å². The molecule has 176 valence electrons. The molecule has 2 aromatic carbocycles. The molecule has 3 heterocycles.